The number of unbranched alkanes of at least 4 members (excludes halogenated alkanes) is 3. The van der Waals surface area contributed by atoms with Crippen molar-refractivity contribution in [2.24, 2.45) is 11.8 Å². The number of hydrogen-bond acceptors (Lipinski definition) is 5. The molecule has 1 aromatic rings. The van der Waals surface area contributed by atoms with Crippen molar-refractivity contribution in [2.75, 3.05) is 0 Å². The van der Waals surface area contributed by atoms with Crippen LogP contribution in [0.25, 0.3) is 0 Å². The molecule has 0 unspecified atom stereocenters. The number of aliphatic hydroxyl groups is 2. The van der Waals surface area contributed by atoms with E-state index in [1.165, 1.54) is 0 Å². The van der Waals surface area contributed by atoms with Crippen molar-refractivity contribution in [1.29, 1.82) is 0 Å². The molecule has 1 aromatic carbocycles. The zero-order valence-corrected chi connectivity index (χ0v) is 25.3. The monoisotopic (exact) mass is 606 g/mol. The molecule has 5 atom stereocenters. The Balaban J connectivity index is 1.85. The summed E-state index contributed by atoms with van der Waals surface area (Å²) in [4.78, 5) is 11.9. The summed E-state index contributed by atoms with van der Waals surface area (Å²) < 4.78 is 78.1. The maximum atomic E-state index is 13.7. The largest absolute Gasteiger partial charge is 0.461 e. The molecule has 2 N–H and O–H groups in total. The van der Waals surface area contributed by atoms with E-state index < -0.39 is 67.8 Å². The lowest BCUT2D eigenvalue weighted by atomic mass is 9.89. The van der Waals surface area contributed by atoms with Crippen LogP contribution in [0.5, 0.6) is 0 Å². The highest BCUT2D eigenvalue weighted by molar-refractivity contribution is 6.69. The molecule has 0 spiro atoms. The van der Waals surface area contributed by atoms with Crippen molar-refractivity contribution in [3.63, 3.8) is 0 Å². The molecule has 0 bridgehead atoms. The van der Waals surface area contributed by atoms with Crippen molar-refractivity contribution >= 4 is 14.3 Å². The molecule has 232 valence electrons. The van der Waals surface area contributed by atoms with Crippen LogP contribution in [0, 0.1) is 40.9 Å². The minimum atomic E-state index is -2.27. The van der Waals surface area contributed by atoms with Crippen LogP contribution in [0.4, 0.5) is 22.0 Å². The van der Waals surface area contributed by atoms with Gasteiger partial charge < -0.3 is 19.4 Å². The van der Waals surface area contributed by atoms with Gasteiger partial charge in [-0.05, 0) is 51.2 Å². The van der Waals surface area contributed by atoms with E-state index in [0.717, 1.165) is 25.7 Å². The van der Waals surface area contributed by atoms with E-state index in [4.69, 9.17) is 9.16 Å². The molecule has 1 fully saturated rings. The van der Waals surface area contributed by atoms with Crippen LogP contribution in [-0.2, 0) is 20.6 Å². The highest BCUT2D eigenvalue weighted by Crippen LogP contribution is 2.36. The summed E-state index contributed by atoms with van der Waals surface area (Å²) in [6.07, 6.45) is 12.1. The van der Waals surface area contributed by atoms with E-state index in [0.29, 0.717) is 19.3 Å². The Bertz CT molecular complexity index is 1030. The summed E-state index contributed by atoms with van der Waals surface area (Å²) in [5.74, 6) is -11.7. The number of esters is 1. The normalized spacial score (nSPS) is 22.2. The summed E-state index contributed by atoms with van der Waals surface area (Å²) >= 11 is 0. The van der Waals surface area contributed by atoms with Crippen LogP contribution in [-0.4, -0.2) is 42.8 Å². The van der Waals surface area contributed by atoms with E-state index in [1.807, 2.05) is 24.3 Å². The summed E-state index contributed by atoms with van der Waals surface area (Å²) in [6, 6.07) is 0. The van der Waals surface area contributed by atoms with E-state index in [1.54, 1.807) is 0 Å². The number of halogens is 5. The minimum absolute atomic E-state index is 0.0248. The summed E-state index contributed by atoms with van der Waals surface area (Å²) in [6.45, 7) is 7.50. The van der Waals surface area contributed by atoms with Crippen LogP contribution >= 0.6 is 0 Å². The maximum Gasteiger partial charge on any atom is 0.306 e. The SMILES string of the molecule is CCCCC[C@@H](/C=C/[C@@H]1[C@H](C/C=C\CCCC(=O)OCc2c(F)c(F)c(F)c(F)c2F)[C@@H](O)C[C@H]1O)O[Si](C)(C)C. The number of ether oxygens (including phenoxy) is 1. The van der Waals surface area contributed by atoms with Crippen molar-refractivity contribution in [3.8, 4) is 0 Å². The highest BCUT2D eigenvalue weighted by atomic mass is 28.4. The standard InChI is InChI=1S/C30H43F5O5Si/c1-5-6-9-12-19(40-41(2,3)4)15-16-21-20(23(36)17-24(21)37)13-10-7-8-11-14-25(38)39-18-22-26(31)28(33)30(35)29(34)27(22)32/h7,10,15-16,19-21,23-24,36-37H,5-6,8-9,11-14,17-18H2,1-4H3/b10-7-,16-15+/t19-,20-,21+,23-,24+/m0/s1. The highest BCUT2D eigenvalue weighted by Gasteiger charge is 2.39. The molecule has 5 nitrogen and oxygen atoms in total. The predicted octanol–water partition coefficient (Wildman–Crippen LogP) is 7.26. The molecule has 41 heavy (non-hydrogen) atoms. The second-order valence-corrected chi connectivity index (χ2v) is 16.0. The van der Waals surface area contributed by atoms with E-state index in [2.05, 4.69) is 26.6 Å². The van der Waals surface area contributed by atoms with Crippen LogP contribution in [0.1, 0.15) is 70.3 Å². The second-order valence-electron chi connectivity index (χ2n) is 11.6. The lowest BCUT2D eigenvalue weighted by molar-refractivity contribution is -0.145. The van der Waals surface area contributed by atoms with Gasteiger partial charge in [-0.2, -0.15) is 0 Å². The van der Waals surface area contributed by atoms with Crippen LogP contribution in [0.3, 0.4) is 0 Å². The van der Waals surface area contributed by atoms with Crippen LogP contribution < -0.4 is 0 Å². The Kier molecular flexibility index (Phi) is 14.2. The molecule has 0 heterocycles. The third-order valence-electron chi connectivity index (χ3n) is 7.07. The summed E-state index contributed by atoms with van der Waals surface area (Å²) in [7, 11) is -1.77. The fourth-order valence-corrected chi connectivity index (χ4v) is 6.04. The Labute approximate surface area is 240 Å². The van der Waals surface area contributed by atoms with Gasteiger partial charge >= 0.3 is 5.97 Å². The van der Waals surface area contributed by atoms with Crippen LogP contribution in [0.15, 0.2) is 24.3 Å². The van der Waals surface area contributed by atoms with E-state index >= 15 is 0 Å². The molecule has 0 saturated heterocycles. The van der Waals surface area contributed by atoms with Gasteiger partial charge in [0.1, 0.15) is 6.61 Å². The fourth-order valence-electron chi connectivity index (χ4n) is 4.94. The van der Waals surface area contributed by atoms with Crippen molar-refractivity contribution in [2.45, 2.75) is 109 Å². The van der Waals surface area contributed by atoms with Crippen molar-refractivity contribution < 1.29 is 46.1 Å². The zero-order chi connectivity index (χ0) is 30.7. The first kappa shape index (κ1) is 35.1. The molecule has 0 amide bonds. The van der Waals surface area contributed by atoms with Crippen molar-refractivity contribution in [3.05, 3.63) is 59.0 Å². The first-order valence-corrected chi connectivity index (χ1v) is 17.7. The van der Waals surface area contributed by atoms with Gasteiger partial charge in [0.05, 0.1) is 23.9 Å². The lowest BCUT2D eigenvalue weighted by Crippen LogP contribution is -2.31. The molecule has 0 aliphatic heterocycles. The maximum absolute atomic E-state index is 13.7. The smallest absolute Gasteiger partial charge is 0.306 e. The average Bonchev–Trinajstić information content (AvgIpc) is 3.17. The summed E-state index contributed by atoms with van der Waals surface area (Å²) in [5, 5.41) is 21.1. The Morgan fingerprint density at radius 3 is 2.20 bits per heavy atom. The molecular formula is C30H43F5O5Si. The van der Waals surface area contributed by atoms with Gasteiger partial charge in [-0.3, -0.25) is 4.79 Å². The summed E-state index contributed by atoms with van der Waals surface area (Å²) in [5.41, 5.74) is -1.20. The molecule has 1 saturated carbocycles. The number of allylic oxidation sites excluding steroid dienone is 2. The number of benzene rings is 1. The van der Waals surface area contributed by atoms with Crippen LogP contribution in [0.2, 0.25) is 19.6 Å². The van der Waals surface area contributed by atoms with Gasteiger partial charge in [-0.25, -0.2) is 22.0 Å². The number of rotatable bonds is 16. The molecule has 2 rings (SSSR count). The quantitative estimate of drug-likeness (QED) is 0.0394. The van der Waals surface area contributed by atoms with Gasteiger partial charge in [-0.15, -0.1) is 0 Å². The van der Waals surface area contributed by atoms with Gasteiger partial charge in [0.15, 0.2) is 31.6 Å². The Morgan fingerprint density at radius 2 is 1.59 bits per heavy atom. The number of carbonyl (C=O) groups excluding carboxylic acids is 1. The molecule has 0 radical (unpaired) electrons. The van der Waals surface area contributed by atoms with Crippen molar-refractivity contribution in [1.82, 2.24) is 0 Å². The van der Waals surface area contributed by atoms with Gasteiger partial charge in [0, 0.05) is 18.8 Å². The fraction of sp³-hybridized carbons (Fsp3) is 0.633. The number of carbonyl (C=O) groups is 1. The van der Waals surface area contributed by atoms with E-state index in [9.17, 15) is 37.0 Å². The zero-order valence-electron chi connectivity index (χ0n) is 24.3. The molecule has 1 aliphatic carbocycles. The first-order valence-electron chi connectivity index (χ1n) is 14.3. The second kappa shape index (κ2) is 16.5. The minimum Gasteiger partial charge on any atom is -0.461 e. The molecule has 11 heteroatoms. The average molecular weight is 607 g/mol. The third-order valence-corrected chi connectivity index (χ3v) is 8.08. The predicted molar refractivity (Wildman–Crippen MR) is 149 cm³/mol. The topological polar surface area (TPSA) is 76.0 Å². The molecule has 1 aliphatic rings. The van der Waals surface area contributed by atoms with E-state index in [-0.39, 0.29) is 30.8 Å². The Morgan fingerprint density at radius 1 is 0.951 bits per heavy atom. The third kappa shape index (κ3) is 10.9. The molecule has 0 aromatic heterocycles. The molecular weight excluding hydrogens is 563 g/mol. The lowest BCUT2D eigenvalue weighted by Gasteiger charge is -2.25. The van der Waals surface area contributed by atoms with Gasteiger partial charge in [0.2, 0.25) is 5.82 Å². The number of aliphatic hydroxyl groups excluding tert-OH is 2. The van der Waals surface area contributed by atoms with Gasteiger partial charge in [-0.1, -0.05) is 50.5 Å². The Hall–Kier alpha value is -2.08. The number of hydrogen-bond donors (Lipinski definition) is 2. The van der Waals surface area contributed by atoms with Gasteiger partial charge in [0.25, 0.3) is 0 Å². The first-order chi connectivity index (χ1) is 19.3.